The van der Waals surface area contributed by atoms with Gasteiger partial charge in [0.05, 0.1) is 22.5 Å². The number of nitrogen functional groups attached to an aromatic ring is 1. The minimum Gasteiger partial charge on any atom is -0.398 e. The van der Waals surface area contributed by atoms with E-state index in [1.807, 2.05) is 23.0 Å². The molecule has 86 valence electrons. The normalized spacial score (nSPS) is 9.82. The van der Waals surface area contributed by atoms with Crippen molar-refractivity contribution in [2.75, 3.05) is 17.6 Å². The van der Waals surface area contributed by atoms with Crippen LogP contribution in [0.3, 0.4) is 0 Å². The molecule has 0 aliphatic carbocycles. The van der Waals surface area contributed by atoms with Gasteiger partial charge in [0, 0.05) is 24.0 Å². The fraction of sp³-hybridized carbons (Fsp3) is 0.167. The molecule has 2 rings (SSSR count). The van der Waals surface area contributed by atoms with E-state index in [-0.39, 0.29) is 0 Å². The molecule has 0 aliphatic heterocycles. The average Bonchev–Trinajstić information content (AvgIpc) is 2.82. The highest BCUT2D eigenvalue weighted by atomic mass is 32.1. The number of nitrogens with one attached hydrogen (secondary N) is 1. The largest absolute Gasteiger partial charge is 0.398 e. The minimum atomic E-state index is 0.506. The molecule has 1 aromatic carbocycles. The Morgan fingerprint density at radius 2 is 2.35 bits per heavy atom. The number of aromatic nitrogens is 1. The van der Waals surface area contributed by atoms with Gasteiger partial charge in [0.1, 0.15) is 6.07 Å². The minimum absolute atomic E-state index is 0.506. The number of nitriles is 1. The molecular weight excluding hydrogens is 232 g/mol. The fourth-order valence-electron chi connectivity index (χ4n) is 1.47. The smallest absolute Gasteiger partial charge is 0.101 e. The number of hydrogen-bond acceptors (Lipinski definition) is 5. The summed E-state index contributed by atoms with van der Waals surface area (Å²) in [7, 11) is 0. The SMILES string of the molecule is N#Cc1ccc(NCCc2cscn2)cc1N. The number of rotatable bonds is 4. The summed E-state index contributed by atoms with van der Waals surface area (Å²) < 4.78 is 0. The molecule has 0 saturated heterocycles. The van der Waals surface area contributed by atoms with E-state index in [1.54, 1.807) is 23.5 Å². The summed E-state index contributed by atoms with van der Waals surface area (Å²) in [4.78, 5) is 4.20. The van der Waals surface area contributed by atoms with E-state index in [4.69, 9.17) is 11.0 Å². The lowest BCUT2D eigenvalue weighted by atomic mass is 10.2. The monoisotopic (exact) mass is 244 g/mol. The Morgan fingerprint density at radius 3 is 3.00 bits per heavy atom. The van der Waals surface area contributed by atoms with E-state index >= 15 is 0 Å². The lowest BCUT2D eigenvalue weighted by Gasteiger charge is -2.06. The summed E-state index contributed by atoms with van der Waals surface area (Å²) in [6.45, 7) is 0.801. The molecule has 1 heterocycles. The van der Waals surface area contributed by atoms with Crippen LogP contribution in [0.1, 0.15) is 11.3 Å². The van der Waals surface area contributed by atoms with Crippen molar-refractivity contribution in [2.45, 2.75) is 6.42 Å². The maximum Gasteiger partial charge on any atom is 0.101 e. The highest BCUT2D eigenvalue weighted by molar-refractivity contribution is 7.07. The van der Waals surface area contributed by atoms with Crippen LogP contribution in [0, 0.1) is 11.3 Å². The van der Waals surface area contributed by atoms with Gasteiger partial charge >= 0.3 is 0 Å². The molecule has 2 aromatic rings. The van der Waals surface area contributed by atoms with E-state index in [0.29, 0.717) is 11.3 Å². The van der Waals surface area contributed by atoms with E-state index in [2.05, 4.69) is 10.3 Å². The second-order valence-electron chi connectivity index (χ2n) is 3.57. The second kappa shape index (κ2) is 5.32. The first-order chi connectivity index (χ1) is 8.29. The van der Waals surface area contributed by atoms with Gasteiger partial charge in [0.15, 0.2) is 0 Å². The molecular formula is C12H12N4S. The maximum absolute atomic E-state index is 8.75. The lowest BCUT2D eigenvalue weighted by Crippen LogP contribution is -2.05. The standard InChI is InChI=1S/C12H12N4S/c13-6-9-1-2-10(5-12(9)14)15-4-3-11-7-17-8-16-11/h1-2,5,7-8,15H,3-4,14H2. The third-order valence-electron chi connectivity index (χ3n) is 2.37. The van der Waals surface area contributed by atoms with Crippen LogP contribution >= 0.6 is 11.3 Å². The molecule has 3 N–H and O–H groups in total. The molecule has 0 aliphatic rings. The number of nitrogens with two attached hydrogens (primary N) is 1. The van der Waals surface area contributed by atoms with Gasteiger partial charge in [-0.25, -0.2) is 4.98 Å². The van der Waals surface area contributed by atoms with E-state index in [0.717, 1.165) is 24.3 Å². The first kappa shape index (κ1) is 11.4. The van der Waals surface area contributed by atoms with Gasteiger partial charge in [0.25, 0.3) is 0 Å². The number of benzene rings is 1. The third kappa shape index (κ3) is 2.95. The highest BCUT2D eigenvalue weighted by Gasteiger charge is 2.00. The number of nitrogens with zero attached hydrogens (tertiary/aromatic N) is 2. The molecule has 0 bridgehead atoms. The molecule has 17 heavy (non-hydrogen) atoms. The Labute approximate surface area is 104 Å². The highest BCUT2D eigenvalue weighted by Crippen LogP contribution is 2.17. The molecule has 0 atom stereocenters. The summed E-state index contributed by atoms with van der Waals surface area (Å²) >= 11 is 1.60. The van der Waals surface area contributed by atoms with Crippen molar-refractivity contribution < 1.29 is 0 Å². The van der Waals surface area contributed by atoms with Gasteiger partial charge in [-0.1, -0.05) is 0 Å². The maximum atomic E-state index is 8.75. The van der Waals surface area contributed by atoms with Gasteiger partial charge in [-0.2, -0.15) is 5.26 Å². The fourth-order valence-corrected chi connectivity index (χ4v) is 2.06. The summed E-state index contributed by atoms with van der Waals surface area (Å²) in [6, 6.07) is 7.40. The molecule has 0 fully saturated rings. The van der Waals surface area contributed by atoms with Crippen LogP contribution in [-0.2, 0) is 6.42 Å². The van der Waals surface area contributed by atoms with Crippen molar-refractivity contribution >= 4 is 22.7 Å². The summed E-state index contributed by atoms with van der Waals surface area (Å²) in [6.07, 6.45) is 0.878. The van der Waals surface area contributed by atoms with Crippen LogP contribution in [0.25, 0.3) is 0 Å². The summed E-state index contributed by atoms with van der Waals surface area (Å²) in [5.74, 6) is 0. The van der Waals surface area contributed by atoms with E-state index in [1.165, 1.54) is 0 Å². The quantitative estimate of drug-likeness (QED) is 0.809. The number of thiazole rings is 1. The molecule has 5 heteroatoms. The second-order valence-corrected chi connectivity index (χ2v) is 4.29. The number of anilines is 2. The molecule has 0 radical (unpaired) electrons. The van der Waals surface area contributed by atoms with Crippen molar-refractivity contribution in [3.63, 3.8) is 0 Å². The van der Waals surface area contributed by atoms with Crippen LogP contribution in [0.2, 0.25) is 0 Å². The van der Waals surface area contributed by atoms with E-state index < -0.39 is 0 Å². The zero-order valence-corrected chi connectivity index (χ0v) is 10.00. The predicted octanol–water partition coefficient (Wildman–Crippen LogP) is 2.25. The predicted molar refractivity (Wildman–Crippen MR) is 69.9 cm³/mol. The third-order valence-corrected chi connectivity index (χ3v) is 3.00. The van der Waals surface area contributed by atoms with Crippen molar-refractivity contribution in [1.82, 2.24) is 4.98 Å². The van der Waals surface area contributed by atoms with Gasteiger partial charge in [-0.15, -0.1) is 11.3 Å². The van der Waals surface area contributed by atoms with Gasteiger partial charge in [-0.3, -0.25) is 0 Å². The molecule has 0 saturated carbocycles. The lowest BCUT2D eigenvalue weighted by molar-refractivity contribution is 0.977. The van der Waals surface area contributed by atoms with Crippen molar-refractivity contribution in [3.8, 4) is 6.07 Å². The Hall–Kier alpha value is -2.06. The molecule has 0 spiro atoms. The van der Waals surface area contributed by atoms with Crippen LogP contribution in [-0.4, -0.2) is 11.5 Å². The van der Waals surface area contributed by atoms with Crippen molar-refractivity contribution in [1.29, 1.82) is 5.26 Å². The molecule has 0 amide bonds. The van der Waals surface area contributed by atoms with Crippen LogP contribution < -0.4 is 11.1 Å². The van der Waals surface area contributed by atoms with Crippen LogP contribution in [0.5, 0.6) is 0 Å². The summed E-state index contributed by atoms with van der Waals surface area (Å²) in [5, 5.41) is 14.0. The van der Waals surface area contributed by atoms with Crippen LogP contribution in [0.15, 0.2) is 29.1 Å². The van der Waals surface area contributed by atoms with Crippen LogP contribution in [0.4, 0.5) is 11.4 Å². The molecule has 1 aromatic heterocycles. The topological polar surface area (TPSA) is 74.7 Å². The zero-order chi connectivity index (χ0) is 12.1. The first-order valence-electron chi connectivity index (χ1n) is 5.20. The van der Waals surface area contributed by atoms with Gasteiger partial charge < -0.3 is 11.1 Å². The van der Waals surface area contributed by atoms with E-state index in [9.17, 15) is 0 Å². The van der Waals surface area contributed by atoms with Gasteiger partial charge in [0.2, 0.25) is 0 Å². The van der Waals surface area contributed by atoms with Crippen molar-refractivity contribution in [3.05, 3.63) is 40.3 Å². The van der Waals surface area contributed by atoms with Crippen molar-refractivity contribution in [2.24, 2.45) is 0 Å². The number of hydrogen-bond donors (Lipinski definition) is 2. The zero-order valence-electron chi connectivity index (χ0n) is 9.18. The molecule has 4 nitrogen and oxygen atoms in total. The average molecular weight is 244 g/mol. The first-order valence-corrected chi connectivity index (χ1v) is 6.14. The Morgan fingerprint density at radius 1 is 1.47 bits per heavy atom. The Kier molecular flexibility index (Phi) is 3.58. The molecule has 0 unspecified atom stereocenters. The summed E-state index contributed by atoms with van der Waals surface area (Å²) in [5.41, 5.74) is 10.6. The Bertz CT molecular complexity index is 528. The van der Waals surface area contributed by atoms with Gasteiger partial charge in [-0.05, 0) is 18.2 Å². The Balaban J connectivity index is 1.91.